The number of sulfonamides is 1. The molecular weight excluding hydrogens is 621 g/mol. The number of benzene rings is 3. The van der Waals surface area contributed by atoms with Gasteiger partial charge in [-0.15, -0.1) is 0 Å². The van der Waals surface area contributed by atoms with Gasteiger partial charge in [0.05, 0.1) is 34.1 Å². The summed E-state index contributed by atoms with van der Waals surface area (Å²) >= 11 is 18.7. The summed E-state index contributed by atoms with van der Waals surface area (Å²) in [4.78, 5) is 29.2. The van der Waals surface area contributed by atoms with Crippen molar-refractivity contribution in [3.63, 3.8) is 0 Å². The van der Waals surface area contributed by atoms with Crippen molar-refractivity contribution in [1.29, 1.82) is 0 Å². The van der Waals surface area contributed by atoms with Crippen LogP contribution in [0.3, 0.4) is 0 Å². The minimum atomic E-state index is -3.95. The van der Waals surface area contributed by atoms with Gasteiger partial charge in [-0.2, -0.15) is 0 Å². The van der Waals surface area contributed by atoms with Crippen LogP contribution < -0.4 is 14.4 Å². The molecule has 0 unspecified atom stereocenters. The van der Waals surface area contributed by atoms with E-state index in [1.165, 1.54) is 30.2 Å². The zero-order chi connectivity index (χ0) is 31.0. The molecule has 8 nitrogen and oxygen atoms in total. The molecule has 0 fully saturated rings. The Morgan fingerprint density at radius 1 is 0.905 bits per heavy atom. The summed E-state index contributed by atoms with van der Waals surface area (Å²) in [6.45, 7) is 3.73. The molecule has 42 heavy (non-hydrogen) atoms. The van der Waals surface area contributed by atoms with Gasteiger partial charge in [0.1, 0.15) is 18.3 Å². The van der Waals surface area contributed by atoms with Gasteiger partial charge < -0.3 is 15.0 Å². The third-order valence-corrected chi connectivity index (χ3v) is 8.57. The monoisotopic (exact) mass is 653 g/mol. The fraction of sp³-hybridized carbons (Fsp3) is 0.333. The number of rotatable bonds is 13. The zero-order valence-electron chi connectivity index (χ0n) is 23.8. The predicted octanol–water partition coefficient (Wildman–Crippen LogP) is 5.83. The molecule has 0 aliphatic rings. The quantitative estimate of drug-likeness (QED) is 0.250. The van der Waals surface area contributed by atoms with Gasteiger partial charge in [0, 0.05) is 19.5 Å². The maximum atomic E-state index is 14.1. The van der Waals surface area contributed by atoms with Gasteiger partial charge in [0.15, 0.2) is 0 Å². The third kappa shape index (κ3) is 9.26. The SMILES string of the molecule is COc1ccc(N(CC(=O)N(Cc2ccc(Cl)c(Cl)c2)[C@@H](Cc2ccccc2)C(=O)NCC(C)C)S(C)(=O)=O)cc1Cl. The van der Waals surface area contributed by atoms with Gasteiger partial charge in [0.25, 0.3) is 0 Å². The average molecular weight is 655 g/mol. The highest BCUT2D eigenvalue weighted by Crippen LogP contribution is 2.31. The van der Waals surface area contributed by atoms with E-state index in [2.05, 4.69) is 5.32 Å². The van der Waals surface area contributed by atoms with E-state index in [4.69, 9.17) is 39.5 Å². The maximum absolute atomic E-state index is 14.1. The minimum Gasteiger partial charge on any atom is -0.495 e. The van der Waals surface area contributed by atoms with Crippen LogP contribution in [-0.4, -0.2) is 57.6 Å². The molecule has 0 bridgehead atoms. The van der Waals surface area contributed by atoms with Crippen molar-refractivity contribution in [1.82, 2.24) is 10.2 Å². The van der Waals surface area contributed by atoms with Crippen LogP contribution in [0.25, 0.3) is 0 Å². The van der Waals surface area contributed by atoms with Crippen LogP contribution in [0.15, 0.2) is 66.7 Å². The Morgan fingerprint density at radius 2 is 1.60 bits per heavy atom. The van der Waals surface area contributed by atoms with Crippen molar-refractivity contribution >= 4 is 62.3 Å². The average Bonchev–Trinajstić information content (AvgIpc) is 2.93. The zero-order valence-corrected chi connectivity index (χ0v) is 26.9. The van der Waals surface area contributed by atoms with Crippen molar-refractivity contribution in [3.05, 3.63) is 92.9 Å². The van der Waals surface area contributed by atoms with Crippen LogP contribution in [0.4, 0.5) is 5.69 Å². The molecule has 0 radical (unpaired) electrons. The number of ether oxygens (including phenoxy) is 1. The molecule has 1 N–H and O–H groups in total. The molecule has 0 aliphatic carbocycles. The van der Waals surface area contributed by atoms with Crippen molar-refractivity contribution < 1.29 is 22.7 Å². The van der Waals surface area contributed by atoms with Crippen LogP contribution in [0.2, 0.25) is 15.1 Å². The van der Waals surface area contributed by atoms with Crippen molar-refractivity contribution in [2.75, 3.05) is 30.8 Å². The standard InChI is InChI=1S/C30H34Cl3N3O5S/c1-20(2)17-34-30(38)27(15-21-8-6-5-7-9-21)35(18-22-10-12-24(31)25(32)14-22)29(37)19-36(42(4,39)40)23-11-13-28(41-3)26(33)16-23/h5-14,16,20,27H,15,17-19H2,1-4H3,(H,34,38)/t27-/m0/s1. The number of nitrogens with zero attached hydrogens (tertiary/aromatic N) is 2. The smallest absolute Gasteiger partial charge is 0.244 e. The Balaban J connectivity index is 2.08. The lowest BCUT2D eigenvalue weighted by atomic mass is 10.0. The number of amides is 2. The highest BCUT2D eigenvalue weighted by molar-refractivity contribution is 7.92. The van der Waals surface area contributed by atoms with Crippen molar-refractivity contribution in [2.24, 2.45) is 5.92 Å². The first-order valence-electron chi connectivity index (χ1n) is 13.2. The fourth-order valence-electron chi connectivity index (χ4n) is 4.24. The highest BCUT2D eigenvalue weighted by Gasteiger charge is 2.33. The number of anilines is 1. The van der Waals surface area contributed by atoms with Crippen LogP contribution >= 0.6 is 34.8 Å². The molecule has 0 saturated carbocycles. The van der Waals surface area contributed by atoms with E-state index in [0.29, 0.717) is 22.9 Å². The van der Waals surface area contributed by atoms with E-state index in [1.54, 1.807) is 18.2 Å². The summed E-state index contributed by atoms with van der Waals surface area (Å²) in [5, 5.41) is 3.74. The first-order valence-corrected chi connectivity index (χ1v) is 16.1. The molecule has 2 amide bonds. The van der Waals surface area contributed by atoms with Gasteiger partial charge in [-0.25, -0.2) is 8.42 Å². The van der Waals surface area contributed by atoms with E-state index in [1.807, 2.05) is 44.2 Å². The molecule has 12 heteroatoms. The maximum Gasteiger partial charge on any atom is 0.244 e. The number of carbonyl (C=O) groups excluding carboxylic acids is 2. The van der Waals surface area contributed by atoms with E-state index in [-0.39, 0.29) is 40.5 Å². The number of hydrogen-bond donors (Lipinski definition) is 1. The van der Waals surface area contributed by atoms with Crippen molar-refractivity contribution in [2.45, 2.75) is 32.9 Å². The van der Waals surface area contributed by atoms with Gasteiger partial charge in [-0.05, 0) is 47.4 Å². The Labute approximate surface area is 262 Å². The predicted molar refractivity (Wildman–Crippen MR) is 169 cm³/mol. The summed E-state index contributed by atoms with van der Waals surface area (Å²) in [6, 6.07) is 17.7. The number of hydrogen-bond acceptors (Lipinski definition) is 5. The lowest BCUT2D eigenvalue weighted by Crippen LogP contribution is -2.53. The Bertz CT molecular complexity index is 1500. The third-order valence-electron chi connectivity index (χ3n) is 6.40. The lowest BCUT2D eigenvalue weighted by Gasteiger charge is -2.33. The van der Waals surface area contributed by atoms with Gasteiger partial charge >= 0.3 is 0 Å². The molecule has 0 aliphatic heterocycles. The lowest BCUT2D eigenvalue weighted by molar-refractivity contribution is -0.140. The second kappa shape index (κ2) is 15.0. The molecule has 3 aromatic carbocycles. The Kier molecular flexibility index (Phi) is 11.9. The van der Waals surface area contributed by atoms with Crippen LogP contribution in [0.5, 0.6) is 5.75 Å². The largest absolute Gasteiger partial charge is 0.495 e. The first-order chi connectivity index (χ1) is 19.8. The molecule has 3 rings (SSSR count). The topological polar surface area (TPSA) is 96.0 Å². The Hall–Kier alpha value is -2.98. The number of nitrogens with one attached hydrogen (secondary N) is 1. The summed E-state index contributed by atoms with van der Waals surface area (Å²) in [6.07, 6.45) is 1.20. The van der Waals surface area contributed by atoms with Crippen molar-refractivity contribution in [3.8, 4) is 5.75 Å². The van der Waals surface area contributed by atoms with Gasteiger partial charge in [-0.3, -0.25) is 13.9 Å². The summed E-state index contributed by atoms with van der Waals surface area (Å²) in [5.74, 6) is -0.435. The van der Waals surface area contributed by atoms with Crippen LogP contribution in [0.1, 0.15) is 25.0 Å². The molecule has 0 saturated heterocycles. The van der Waals surface area contributed by atoms with Crippen LogP contribution in [-0.2, 0) is 32.6 Å². The second-order valence-corrected chi connectivity index (χ2v) is 13.3. The van der Waals surface area contributed by atoms with E-state index in [0.717, 1.165) is 16.1 Å². The van der Waals surface area contributed by atoms with E-state index in [9.17, 15) is 18.0 Å². The molecule has 0 aromatic heterocycles. The summed E-state index contributed by atoms with van der Waals surface area (Å²) in [7, 11) is -2.51. The summed E-state index contributed by atoms with van der Waals surface area (Å²) in [5.41, 5.74) is 1.62. The molecule has 226 valence electrons. The molecule has 0 spiro atoms. The first kappa shape index (κ1) is 33.5. The Morgan fingerprint density at radius 3 is 2.17 bits per heavy atom. The second-order valence-electron chi connectivity index (χ2n) is 10.2. The van der Waals surface area contributed by atoms with Gasteiger partial charge in [-0.1, -0.05) is 85.0 Å². The number of carbonyl (C=O) groups is 2. The van der Waals surface area contributed by atoms with E-state index >= 15 is 0 Å². The molecule has 1 atom stereocenters. The molecule has 0 heterocycles. The van der Waals surface area contributed by atoms with E-state index < -0.39 is 28.5 Å². The normalized spacial score (nSPS) is 12.1. The number of methoxy groups -OCH3 is 1. The minimum absolute atomic E-state index is 0.0245. The molecule has 3 aromatic rings. The fourth-order valence-corrected chi connectivity index (χ4v) is 5.65. The summed E-state index contributed by atoms with van der Waals surface area (Å²) < 4.78 is 32.0. The number of halogens is 3. The van der Waals surface area contributed by atoms with Crippen LogP contribution in [0, 0.1) is 5.92 Å². The molecular formula is C30H34Cl3N3O5S. The highest BCUT2D eigenvalue weighted by atomic mass is 35.5. The van der Waals surface area contributed by atoms with Gasteiger partial charge in [0.2, 0.25) is 21.8 Å².